The minimum atomic E-state index is -0.0478. The van der Waals surface area contributed by atoms with E-state index in [0.29, 0.717) is 17.5 Å². The smallest absolute Gasteiger partial charge is 0.164 e. The molecule has 13 aromatic rings. The van der Waals surface area contributed by atoms with Gasteiger partial charge in [0.15, 0.2) is 17.5 Å². The maximum atomic E-state index is 6.61. The molecule has 0 amide bonds. The fraction of sp³-hybridized carbons (Fsp3) is 0.0500. The van der Waals surface area contributed by atoms with Crippen LogP contribution in [0.1, 0.15) is 25.0 Å². The number of benzene rings is 9. The fourth-order valence-corrected chi connectivity index (χ4v) is 12.9. The largest absolute Gasteiger partial charge is 0.456 e. The Morgan fingerprint density at radius 1 is 0.348 bits per heavy atom. The van der Waals surface area contributed by atoms with Gasteiger partial charge in [0, 0.05) is 73.2 Å². The van der Waals surface area contributed by atoms with Crippen molar-refractivity contribution in [3.63, 3.8) is 0 Å². The van der Waals surface area contributed by atoms with Crippen molar-refractivity contribution in [3.05, 3.63) is 199 Å². The molecule has 0 atom stereocenters. The zero-order valence-electron chi connectivity index (χ0n) is 36.0. The number of rotatable bonds is 5. The molecule has 6 heteroatoms. The highest BCUT2D eigenvalue weighted by Crippen LogP contribution is 2.50. The topological polar surface area (TPSA) is 51.8 Å². The van der Waals surface area contributed by atoms with Gasteiger partial charge in [-0.05, 0) is 93.0 Å². The van der Waals surface area contributed by atoms with E-state index in [-0.39, 0.29) is 5.41 Å². The highest BCUT2D eigenvalue weighted by atomic mass is 32.1. The lowest BCUT2D eigenvalue weighted by Crippen LogP contribution is -2.14. The van der Waals surface area contributed by atoms with Crippen molar-refractivity contribution in [1.82, 2.24) is 15.0 Å². The third-order valence-corrected chi connectivity index (χ3v) is 16.1. The second-order valence-corrected chi connectivity index (χ2v) is 20.0. The summed E-state index contributed by atoms with van der Waals surface area (Å²) in [6.45, 7) is 4.68. The molecule has 14 rings (SSSR count). The second kappa shape index (κ2) is 14.1. The van der Waals surface area contributed by atoms with Crippen LogP contribution in [0.2, 0.25) is 0 Å². The number of hydrogen-bond donors (Lipinski definition) is 0. The molecular weight excluding hydrogens is 843 g/mol. The molecule has 0 saturated carbocycles. The molecule has 4 heterocycles. The zero-order chi connectivity index (χ0) is 43.7. The van der Waals surface area contributed by atoms with Crippen molar-refractivity contribution < 1.29 is 4.42 Å². The van der Waals surface area contributed by atoms with Crippen molar-refractivity contribution in [2.75, 3.05) is 0 Å². The first kappa shape index (κ1) is 37.6. The maximum absolute atomic E-state index is 6.61. The number of aromatic nitrogens is 3. The van der Waals surface area contributed by atoms with Gasteiger partial charge in [0.05, 0.1) is 0 Å². The lowest BCUT2D eigenvalue weighted by atomic mass is 9.81. The lowest BCUT2D eigenvalue weighted by Gasteiger charge is -2.22. The average molecular weight is 880 g/mol. The highest BCUT2D eigenvalue weighted by Gasteiger charge is 2.35. The van der Waals surface area contributed by atoms with E-state index in [1.54, 1.807) is 22.7 Å². The minimum Gasteiger partial charge on any atom is -0.456 e. The normalized spacial score (nSPS) is 13.1. The SMILES string of the molecule is CC1(C)c2ccccc2-c2ccc(-c3ccc(-c4ccc5oc6cccc(-c7nc(-c8cccc9sc%10ccccc%10c89)nc(-c8cccc9sc%10ccccc%10c89)n7)c6c5c4)cc3)cc21. The molecule has 0 unspecified atom stereocenters. The Hall–Kier alpha value is -7.77. The Labute approximate surface area is 388 Å². The molecular formula is C60H37N3OS2. The van der Waals surface area contributed by atoms with Crippen LogP contribution in [0.5, 0.6) is 0 Å². The van der Waals surface area contributed by atoms with E-state index in [2.05, 4.69) is 190 Å². The van der Waals surface area contributed by atoms with Crippen LogP contribution < -0.4 is 0 Å². The molecule has 0 radical (unpaired) electrons. The Balaban J connectivity index is 0.924. The van der Waals surface area contributed by atoms with Gasteiger partial charge in [0.2, 0.25) is 0 Å². The van der Waals surface area contributed by atoms with Gasteiger partial charge in [-0.3, -0.25) is 0 Å². The van der Waals surface area contributed by atoms with Crippen molar-refractivity contribution >= 4 is 85.0 Å². The number of hydrogen-bond acceptors (Lipinski definition) is 6. The zero-order valence-corrected chi connectivity index (χ0v) is 37.6. The quantitative estimate of drug-likeness (QED) is 0.173. The van der Waals surface area contributed by atoms with Gasteiger partial charge in [-0.2, -0.15) is 0 Å². The summed E-state index contributed by atoms with van der Waals surface area (Å²) in [5, 5.41) is 6.72. The molecule has 9 aromatic carbocycles. The Kier molecular flexibility index (Phi) is 8.04. The van der Waals surface area contributed by atoms with Crippen LogP contribution in [0.25, 0.3) is 130 Å². The summed E-state index contributed by atoms with van der Waals surface area (Å²) in [4.78, 5) is 16.2. The van der Waals surface area contributed by atoms with E-state index < -0.39 is 0 Å². The standard InChI is InChI=1S/C60H37N3OS2/c1-60(2)46-18-6-3-12-38(46)39-30-28-37(33-47(39)60)35-26-24-34(25-27-35)36-29-31-48-45(32-36)54-42(15-9-19-49(54)64-48)57-61-58(43-16-10-22-52-55(43)40-13-4-7-20-50(40)65-52)63-59(62-57)44-17-11-23-53-56(44)41-14-5-8-21-51(41)66-53/h3-33H,1-2H3. The summed E-state index contributed by atoms with van der Waals surface area (Å²) in [5.74, 6) is 1.89. The van der Waals surface area contributed by atoms with Gasteiger partial charge in [-0.15, -0.1) is 22.7 Å². The van der Waals surface area contributed by atoms with E-state index >= 15 is 0 Å². The molecule has 310 valence electrons. The van der Waals surface area contributed by atoms with Crippen molar-refractivity contribution in [2.45, 2.75) is 19.3 Å². The van der Waals surface area contributed by atoms with Gasteiger partial charge in [0.25, 0.3) is 0 Å². The van der Waals surface area contributed by atoms with Gasteiger partial charge in [-0.25, -0.2) is 15.0 Å². The molecule has 66 heavy (non-hydrogen) atoms. The first-order valence-corrected chi connectivity index (χ1v) is 24.0. The third-order valence-electron chi connectivity index (χ3n) is 13.8. The number of fused-ring (bicyclic) bond motifs is 12. The van der Waals surface area contributed by atoms with Crippen molar-refractivity contribution in [2.24, 2.45) is 0 Å². The molecule has 0 spiro atoms. The number of furan rings is 1. The van der Waals surface area contributed by atoms with E-state index in [1.165, 1.54) is 63.0 Å². The third kappa shape index (κ3) is 5.59. The number of nitrogens with zero attached hydrogens (tertiary/aromatic N) is 3. The summed E-state index contributed by atoms with van der Waals surface area (Å²) < 4.78 is 11.5. The summed E-state index contributed by atoms with van der Waals surface area (Å²) in [7, 11) is 0. The van der Waals surface area contributed by atoms with E-state index in [0.717, 1.165) is 60.5 Å². The first-order valence-electron chi connectivity index (χ1n) is 22.3. The van der Waals surface area contributed by atoms with Crippen LogP contribution in [0.4, 0.5) is 0 Å². The van der Waals surface area contributed by atoms with Gasteiger partial charge in [0.1, 0.15) is 11.2 Å². The van der Waals surface area contributed by atoms with E-state index in [1.807, 2.05) is 12.1 Å². The molecule has 4 nitrogen and oxygen atoms in total. The van der Waals surface area contributed by atoms with E-state index in [9.17, 15) is 0 Å². The molecule has 0 N–H and O–H groups in total. The summed E-state index contributed by atoms with van der Waals surface area (Å²) >= 11 is 3.60. The molecule has 0 bridgehead atoms. The predicted octanol–water partition coefficient (Wildman–Crippen LogP) is 17.1. The maximum Gasteiger partial charge on any atom is 0.164 e. The van der Waals surface area contributed by atoms with Gasteiger partial charge in [-0.1, -0.05) is 153 Å². The van der Waals surface area contributed by atoms with Crippen LogP contribution in [0.15, 0.2) is 192 Å². The lowest BCUT2D eigenvalue weighted by molar-refractivity contribution is 0.660. The van der Waals surface area contributed by atoms with Gasteiger partial charge >= 0.3 is 0 Å². The molecule has 0 aliphatic heterocycles. The van der Waals surface area contributed by atoms with Gasteiger partial charge < -0.3 is 4.42 Å². The average Bonchev–Trinajstić information content (AvgIpc) is 4.11. The van der Waals surface area contributed by atoms with Crippen LogP contribution in [-0.2, 0) is 5.41 Å². The Morgan fingerprint density at radius 2 is 0.818 bits per heavy atom. The van der Waals surface area contributed by atoms with Crippen LogP contribution in [0, 0.1) is 0 Å². The van der Waals surface area contributed by atoms with Crippen LogP contribution in [0.3, 0.4) is 0 Å². The van der Waals surface area contributed by atoms with Crippen molar-refractivity contribution in [3.8, 4) is 67.5 Å². The van der Waals surface area contributed by atoms with Crippen molar-refractivity contribution in [1.29, 1.82) is 0 Å². The summed E-state index contributed by atoms with van der Waals surface area (Å²) in [5.41, 5.74) is 14.6. The summed E-state index contributed by atoms with van der Waals surface area (Å²) in [6.07, 6.45) is 0. The number of thiophene rings is 2. The molecule has 4 aromatic heterocycles. The fourth-order valence-electron chi connectivity index (χ4n) is 10.6. The first-order chi connectivity index (χ1) is 32.4. The predicted molar refractivity (Wildman–Crippen MR) is 278 cm³/mol. The molecule has 1 aliphatic carbocycles. The molecule has 1 aliphatic rings. The summed E-state index contributed by atoms with van der Waals surface area (Å²) in [6, 6.07) is 67.6. The molecule has 0 fully saturated rings. The Morgan fingerprint density at radius 3 is 1.45 bits per heavy atom. The monoisotopic (exact) mass is 879 g/mol. The van der Waals surface area contributed by atoms with E-state index in [4.69, 9.17) is 19.4 Å². The molecule has 0 saturated heterocycles. The van der Waals surface area contributed by atoms with Crippen LogP contribution in [-0.4, -0.2) is 15.0 Å². The Bertz CT molecular complexity index is 4020. The highest BCUT2D eigenvalue weighted by molar-refractivity contribution is 7.26. The minimum absolute atomic E-state index is 0.0478. The second-order valence-electron chi connectivity index (χ2n) is 17.9. The van der Waals surface area contributed by atoms with Crippen LogP contribution >= 0.6 is 22.7 Å².